The first kappa shape index (κ1) is 22.5. The molecular formula is C24H28ClN5O2. The number of nitrogens with zero attached hydrogens (tertiary/aromatic N) is 3. The predicted octanol–water partition coefficient (Wildman–Crippen LogP) is 3.44. The summed E-state index contributed by atoms with van der Waals surface area (Å²) in [7, 11) is 1.78. The first-order valence-corrected chi connectivity index (χ1v) is 11.2. The van der Waals surface area contributed by atoms with Crippen molar-refractivity contribution in [2.24, 2.45) is 0 Å². The Hall–Kier alpha value is -2.74. The van der Waals surface area contributed by atoms with Crippen molar-refractivity contribution in [3.63, 3.8) is 0 Å². The number of carbonyl (C=O) groups excluding carboxylic acids is 1. The number of halogens is 1. The molecule has 0 saturated carbocycles. The van der Waals surface area contributed by atoms with Gasteiger partial charge in [0.25, 0.3) is 5.91 Å². The van der Waals surface area contributed by atoms with E-state index in [4.69, 9.17) is 11.6 Å². The zero-order valence-electron chi connectivity index (χ0n) is 18.3. The highest BCUT2D eigenvalue weighted by molar-refractivity contribution is 6.29. The van der Waals surface area contributed by atoms with Crippen LogP contribution in [0.1, 0.15) is 51.8 Å². The third-order valence-electron chi connectivity index (χ3n) is 5.94. The maximum absolute atomic E-state index is 12.7. The van der Waals surface area contributed by atoms with E-state index in [9.17, 15) is 9.90 Å². The smallest absolute Gasteiger partial charge is 0.253 e. The van der Waals surface area contributed by atoms with Gasteiger partial charge in [-0.2, -0.15) is 5.10 Å². The third kappa shape index (κ3) is 5.35. The Balaban J connectivity index is 1.30. The lowest BCUT2D eigenvalue weighted by atomic mass is 10.0. The standard InChI is InChI=1S/C24H28ClN5O2/c1-15-11-20(29-28-15)14-30(2)24(32)17-5-3-16(4-6-17)12-19-8-9-21(27-19)23(31)18-7-10-22(25)26-13-18/h3-7,10-11,13,19,21,23,27,31H,8-9,12,14H2,1-2H3,(H,28,29)/t19-,21+,23?/m0/s1. The number of amides is 1. The zero-order chi connectivity index (χ0) is 22.7. The Labute approximate surface area is 192 Å². The molecule has 1 fully saturated rings. The fourth-order valence-corrected chi connectivity index (χ4v) is 4.33. The second-order valence-corrected chi connectivity index (χ2v) is 8.90. The van der Waals surface area contributed by atoms with Crippen LogP contribution in [0.25, 0.3) is 0 Å². The molecule has 4 rings (SSSR count). The van der Waals surface area contributed by atoms with Crippen LogP contribution in [0.2, 0.25) is 5.15 Å². The van der Waals surface area contributed by atoms with Crippen LogP contribution in [0.5, 0.6) is 0 Å². The number of H-pyrrole nitrogens is 1. The average Bonchev–Trinajstić information content (AvgIpc) is 3.42. The van der Waals surface area contributed by atoms with Gasteiger partial charge in [0, 0.05) is 42.1 Å². The molecule has 32 heavy (non-hydrogen) atoms. The summed E-state index contributed by atoms with van der Waals surface area (Å²) in [5.41, 5.74) is 4.41. The van der Waals surface area contributed by atoms with Gasteiger partial charge in [0.1, 0.15) is 5.15 Å². The molecule has 1 amide bonds. The Morgan fingerprint density at radius 3 is 2.69 bits per heavy atom. The van der Waals surface area contributed by atoms with Gasteiger partial charge < -0.3 is 15.3 Å². The largest absolute Gasteiger partial charge is 0.387 e. The molecule has 168 valence electrons. The van der Waals surface area contributed by atoms with Crippen LogP contribution in [-0.4, -0.2) is 50.2 Å². The normalized spacial score (nSPS) is 19.1. The number of rotatable bonds is 7. The van der Waals surface area contributed by atoms with Crippen LogP contribution in [0.15, 0.2) is 48.7 Å². The van der Waals surface area contributed by atoms with Gasteiger partial charge in [-0.15, -0.1) is 0 Å². The Kier molecular flexibility index (Phi) is 6.89. The molecule has 2 aromatic heterocycles. The molecule has 3 aromatic rings. The lowest BCUT2D eigenvalue weighted by molar-refractivity contribution is 0.0783. The molecule has 8 heteroatoms. The van der Waals surface area contributed by atoms with Gasteiger partial charge in [-0.1, -0.05) is 29.8 Å². The second-order valence-electron chi connectivity index (χ2n) is 8.51. The van der Waals surface area contributed by atoms with Crippen LogP contribution in [-0.2, 0) is 13.0 Å². The molecule has 1 aliphatic heterocycles. The molecule has 1 aromatic carbocycles. The number of carbonyl (C=O) groups is 1. The fraction of sp³-hybridized carbons (Fsp3) is 0.375. The van der Waals surface area contributed by atoms with Gasteiger partial charge >= 0.3 is 0 Å². The number of benzene rings is 1. The number of hydrogen-bond acceptors (Lipinski definition) is 5. The van der Waals surface area contributed by atoms with Crippen molar-refractivity contribution < 1.29 is 9.90 Å². The van der Waals surface area contributed by atoms with Crippen molar-refractivity contribution in [2.45, 2.75) is 50.9 Å². The van der Waals surface area contributed by atoms with Crippen LogP contribution < -0.4 is 5.32 Å². The minimum absolute atomic E-state index is 0.0110. The van der Waals surface area contributed by atoms with Crippen molar-refractivity contribution >= 4 is 17.5 Å². The van der Waals surface area contributed by atoms with Gasteiger partial charge in [-0.3, -0.25) is 9.89 Å². The molecule has 0 spiro atoms. The van der Waals surface area contributed by atoms with Crippen molar-refractivity contribution in [2.75, 3.05) is 7.05 Å². The number of aliphatic hydroxyl groups is 1. The summed E-state index contributed by atoms with van der Waals surface area (Å²) in [5, 5.41) is 21.7. The molecule has 1 saturated heterocycles. The minimum Gasteiger partial charge on any atom is -0.387 e. The van der Waals surface area contributed by atoms with Gasteiger partial charge in [0.2, 0.25) is 0 Å². The Morgan fingerprint density at radius 1 is 1.25 bits per heavy atom. The number of aliphatic hydroxyl groups excluding tert-OH is 1. The molecule has 1 unspecified atom stereocenters. The molecule has 1 aliphatic rings. The summed E-state index contributed by atoms with van der Waals surface area (Å²) in [5.74, 6) is -0.0315. The summed E-state index contributed by atoms with van der Waals surface area (Å²) in [6, 6.07) is 13.5. The highest BCUT2D eigenvalue weighted by atomic mass is 35.5. The Morgan fingerprint density at radius 2 is 2.03 bits per heavy atom. The second kappa shape index (κ2) is 9.81. The van der Waals surface area contributed by atoms with Crippen molar-refractivity contribution in [3.8, 4) is 0 Å². The van der Waals surface area contributed by atoms with Gasteiger partial charge in [0.05, 0.1) is 18.3 Å². The lowest BCUT2D eigenvalue weighted by Gasteiger charge is -2.20. The van der Waals surface area contributed by atoms with E-state index in [2.05, 4.69) is 20.5 Å². The van der Waals surface area contributed by atoms with E-state index >= 15 is 0 Å². The highest BCUT2D eigenvalue weighted by Crippen LogP contribution is 2.27. The molecule has 3 atom stereocenters. The van der Waals surface area contributed by atoms with E-state index in [1.54, 1.807) is 24.2 Å². The highest BCUT2D eigenvalue weighted by Gasteiger charge is 2.30. The van der Waals surface area contributed by atoms with Gasteiger partial charge in [-0.05, 0) is 56.0 Å². The quantitative estimate of drug-likeness (QED) is 0.476. The fourth-order valence-electron chi connectivity index (χ4n) is 4.21. The molecule has 7 nitrogen and oxygen atoms in total. The van der Waals surface area contributed by atoms with E-state index < -0.39 is 6.10 Å². The number of nitrogens with one attached hydrogen (secondary N) is 2. The van der Waals surface area contributed by atoms with E-state index in [1.807, 2.05) is 43.3 Å². The number of aromatic amines is 1. The number of hydrogen-bond donors (Lipinski definition) is 3. The van der Waals surface area contributed by atoms with Crippen LogP contribution in [0, 0.1) is 6.92 Å². The van der Waals surface area contributed by atoms with E-state index in [1.165, 1.54) is 0 Å². The summed E-state index contributed by atoms with van der Waals surface area (Å²) in [6.45, 7) is 2.40. The summed E-state index contributed by atoms with van der Waals surface area (Å²) in [6.07, 6.45) is 3.73. The number of aryl methyl sites for hydroxylation is 1. The van der Waals surface area contributed by atoms with Gasteiger partial charge in [-0.25, -0.2) is 4.98 Å². The maximum Gasteiger partial charge on any atom is 0.253 e. The first-order valence-electron chi connectivity index (χ1n) is 10.8. The number of aromatic nitrogens is 3. The van der Waals surface area contributed by atoms with Crippen LogP contribution in [0.3, 0.4) is 0 Å². The summed E-state index contributed by atoms with van der Waals surface area (Å²) < 4.78 is 0. The van der Waals surface area contributed by atoms with Crippen LogP contribution >= 0.6 is 11.6 Å². The predicted molar refractivity (Wildman–Crippen MR) is 123 cm³/mol. The Bertz CT molecular complexity index is 1050. The molecule has 0 aliphatic carbocycles. The zero-order valence-corrected chi connectivity index (χ0v) is 19.0. The van der Waals surface area contributed by atoms with Crippen LogP contribution in [0.4, 0.5) is 0 Å². The lowest BCUT2D eigenvalue weighted by Crippen LogP contribution is -2.35. The third-order valence-corrected chi connectivity index (χ3v) is 6.16. The topological polar surface area (TPSA) is 94.1 Å². The molecule has 3 N–H and O–H groups in total. The van der Waals surface area contributed by atoms with Crippen molar-refractivity contribution in [3.05, 3.63) is 81.9 Å². The summed E-state index contributed by atoms with van der Waals surface area (Å²) >= 11 is 5.84. The monoisotopic (exact) mass is 453 g/mol. The maximum atomic E-state index is 12.7. The average molecular weight is 454 g/mol. The van der Waals surface area contributed by atoms with E-state index in [0.29, 0.717) is 17.3 Å². The molecular weight excluding hydrogens is 426 g/mol. The SMILES string of the molecule is Cc1cc(CN(C)C(=O)c2ccc(C[C@@H]3CC[C@H](C(O)c4ccc(Cl)nc4)N3)cc2)n[nH]1. The molecule has 0 radical (unpaired) electrons. The van der Waals surface area contributed by atoms with E-state index in [-0.39, 0.29) is 18.0 Å². The summed E-state index contributed by atoms with van der Waals surface area (Å²) in [4.78, 5) is 18.4. The van der Waals surface area contributed by atoms with E-state index in [0.717, 1.165) is 41.8 Å². The first-order chi connectivity index (χ1) is 15.4. The molecule has 3 heterocycles. The minimum atomic E-state index is -0.612. The molecule has 0 bridgehead atoms. The van der Waals surface area contributed by atoms with Crippen molar-refractivity contribution in [1.82, 2.24) is 25.4 Å². The number of pyridine rings is 1. The van der Waals surface area contributed by atoms with Gasteiger partial charge in [0.15, 0.2) is 0 Å². The van der Waals surface area contributed by atoms with Crippen molar-refractivity contribution in [1.29, 1.82) is 0 Å².